The minimum Gasteiger partial charge on any atom is -0.508 e. The standard InChI is InChI=1S/C39H33FN6O9S/c40-24-9-11-29(47)26(20-24)33(35(50)44-39-42-14-19-56-39)45-21-23-5-1-4-22(31(23)37(45)52)6-3-15-54-17-18-55-16-13-41-27-8-2-7-25-32(27)38(53)46(36(25)51)28-10-12-30(48)43-34(28)49/h1-2,4-5,7-9,11,14,19-20,28,33,41,47H,10,12-13,15-18,21H2,(H,42,44,50)(H,43,48,49)/t28?,33-/m1/s1. The maximum atomic E-state index is 14.3. The number of benzene rings is 3. The van der Waals surface area contributed by atoms with Gasteiger partial charge in [0.05, 0.1) is 36.5 Å². The normalized spacial score (nSPS) is 16.6. The monoisotopic (exact) mass is 780 g/mol. The van der Waals surface area contributed by atoms with Crippen LogP contribution in [0.3, 0.4) is 0 Å². The summed E-state index contributed by atoms with van der Waals surface area (Å²) in [6, 6.07) is 10.7. The molecule has 0 spiro atoms. The van der Waals surface area contributed by atoms with Crippen LogP contribution in [0.15, 0.2) is 66.2 Å². The van der Waals surface area contributed by atoms with Crippen LogP contribution in [0.25, 0.3) is 0 Å². The van der Waals surface area contributed by atoms with Gasteiger partial charge in [-0.25, -0.2) is 9.37 Å². The maximum absolute atomic E-state index is 14.3. The summed E-state index contributed by atoms with van der Waals surface area (Å²) >= 11 is 1.17. The number of phenolic OH excluding ortho intramolecular Hbond substituents is 1. The molecule has 286 valence electrons. The van der Waals surface area contributed by atoms with Gasteiger partial charge in [-0.05, 0) is 48.4 Å². The third kappa shape index (κ3) is 7.71. The zero-order valence-electron chi connectivity index (χ0n) is 29.5. The van der Waals surface area contributed by atoms with E-state index >= 15 is 0 Å². The summed E-state index contributed by atoms with van der Waals surface area (Å²) in [4.78, 5) is 83.8. The van der Waals surface area contributed by atoms with Crippen molar-refractivity contribution >= 4 is 57.6 Å². The number of carbonyl (C=O) groups excluding carboxylic acids is 6. The van der Waals surface area contributed by atoms with E-state index in [2.05, 4.69) is 32.8 Å². The fraction of sp³-hybridized carbons (Fsp3) is 0.256. The Labute approximate surface area is 322 Å². The van der Waals surface area contributed by atoms with Crippen molar-refractivity contribution < 1.29 is 47.7 Å². The smallest absolute Gasteiger partial charge is 0.264 e. The molecular formula is C39H33FN6O9S. The molecule has 3 aromatic carbocycles. The number of nitrogens with zero attached hydrogens (tertiary/aromatic N) is 3. The number of thiazole rings is 1. The predicted molar refractivity (Wildman–Crippen MR) is 198 cm³/mol. The van der Waals surface area contributed by atoms with Crippen molar-refractivity contribution in [3.05, 3.63) is 105 Å². The van der Waals surface area contributed by atoms with Crippen LogP contribution in [0.1, 0.15) is 66.6 Å². The van der Waals surface area contributed by atoms with Crippen molar-refractivity contribution in [3.8, 4) is 17.6 Å². The Kier molecular flexibility index (Phi) is 11.1. The molecule has 2 atom stereocenters. The SMILES string of the molecule is O=C1CCC(N2C(=O)c3cccc(NCCOCCOCC#Cc4cccc5c4C(=O)N([C@@H](C(=O)Nc4nccs4)c4cc(F)ccc4O)C5)c3C2=O)C(=O)N1. The number of aromatic hydroxyl groups is 1. The molecule has 7 rings (SSSR count). The number of piperidine rings is 1. The summed E-state index contributed by atoms with van der Waals surface area (Å²) in [5.74, 6) is 1.32. The molecule has 1 aromatic heterocycles. The molecule has 17 heteroatoms. The molecule has 4 N–H and O–H groups in total. The van der Waals surface area contributed by atoms with Gasteiger partial charge in [-0.2, -0.15) is 0 Å². The quantitative estimate of drug-likeness (QED) is 0.0884. The Balaban J connectivity index is 0.899. The van der Waals surface area contributed by atoms with Crippen molar-refractivity contribution in [3.63, 3.8) is 0 Å². The molecule has 1 fully saturated rings. The van der Waals surface area contributed by atoms with Crippen molar-refractivity contribution in [2.45, 2.75) is 31.5 Å². The first-order valence-corrected chi connectivity index (χ1v) is 18.3. The average molecular weight is 781 g/mol. The van der Waals surface area contributed by atoms with E-state index in [0.717, 1.165) is 23.1 Å². The van der Waals surface area contributed by atoms with E-state index in [1.165, 1.54) is 28.5 Å². The number of hydrogen-bond acceptors (Lipinski definition) is 12. The number of fused-ring (bicyclic) bond motifs is 2. The number of anilines is 2. The second kappa shape index (κ2) is 16.5. The van der Waals surface area contributed by atoms with Gasteiger partial charge in [-0.3, -0.25) is 44.3 Å². The Morgan fingerprint density at radius 3 is 2.64 bits per heavy atom. The Morgan fingerprint density at radius 1 is 1.02 bits per heavy atom. The number of aromatic nitrogens is 1. The van der Waals surface area contributed by atoms with Gasteiger partial charge < -0.3 is 24.8 Å². The molecule has 0 radical (unpaired) electrons. The molecule has 15 nitrogen and oxygen atoms in total. The molecule has 6 amide bonds. The van der Waals surface area contributed by atoms with E-state index in [9.17, 15) is 38.3 Å². The van der Waals surface area contributed by atoms with Crippen molar-refractivity contribution in [1.82, 2.24) is 20.1 Å². The highest BCUT2D eigenvalue weighted by atomic mass is 32.1. The highest BCUT2D eigenvalue weighted by Gasteiger charge is 2.46. The first kappa shape index (κ1) is 37.8. The molecule has 4 aromatic rings. The Hall–Kier alpha value is -6.48. The number of carbonyl (C=O) groups is 6. The summed E-state index contributed by atoms with van der Waals surface area (Å²) in [6.07, 6.45) is 1.60. The molecule has 1 unspecified atom stereocenters. The van der Waals surface area contributed by atoms with Crippen LogP contribution < -0.4 is 16.0 Å². The lowest BCUT2D eigenvalue weighted by atomic mass is 10.0. The van der Waals surface area contributed by atoms with E-state index in [4.69, 9.17) is 9.47 Å². The van der Waals surface area contributed by atoms with Gasteiger partial charge >= 0.3 is 0 Å². The first-order valence-electron chi connectivity index (χ1n) is 17.5. The zero-order chi connectivity index (χ0) is 39.3. The van der Waals surface area contributed by atoms with Crippen molar-refractivity contribution in [2.75, 3.05) is 43.6 Å². The number of hydrogen-bond donors (Lipinski definition) is 4. The second-order valence-corrected chi connectivity index (χ2v) is 13.7. The lowest BCUT2D eigenvalue weighted by molar-refractivity contribution is -0.136. The topological polar surface area (TPSA) is 197 Å². The third-order valence-electron chi connectivity index (χ3n) is 9.27. The maximum Gasteiger partial charge on any atom is 0.264 e. The number of ether oxygens (including phenoxy) is 2. The molecule has 3 aliphatic heterocycles. The van der Waals surface area contributed by atoms with Gasteiger partial charge in [0.25, 0.3) is 23.6 Å². The van der Waals surface area contributed by atoms with E-state index in [-0.39, 0.29) is 78.9 Å². The van der Waals surface area contributed by atoms with Gasteiger partial charge in [0, 0.05) is 47.9 Å². The van der Waals surface area contributed by atoms with Crippen LogP contribution in [0.2, 0.25) is 0 Å². The number of amides is 6. The minimum atomic E-state index is -1.37. The molecule has 0 aliphatic carbocycles. The largest absolute Gasteiger partial charge is 0.508 e. The number of nitrogens with one attached hydrogen (secondary N) is 3. The summed E-state index contributed by atoms with van der Waals surface area (Å²) < 4.78 is 25.5. The third-order valence-corrected chi connectivity index (χ3v) is 9.96. The molecule has 3 aliphatic rings. The molecule has 56 heavy (non-hydrogen) atoms. The van der Waals surface area contributed by atoms with Crippen molar-refractivity contribution in [2.24, 2.45) is 0 Å². The minimum absolute atomic E-state index is 0.0142. The zero-order valence-corrected chi connectivity index (χ0v) is 30.3. The van der Waals surface area contributed by atoms with Crippen LogP contribution in [0.4, 0.5) is 15.2 Å². The van der Waals surface area contributed by atoms with Gasteiger partial charge in [-0.15, -0.1) is 11.3 Å². The fourth-order valence-electron chi connectivity index (χ4n) is 6.74. The highest BCUT2D eigenvalue weighted by molar-refractivity contribution is 7.13. The summed E-state index contributed by atoms with van der Waals surface area (Å²) in [6.45, 7) is 1.00. The van der Waals surface area contributed by atoms with Gasteiger partial charge in [-0.1, -0.05) is 30.0 Å². The predicted octanol–water partition coefficient (Wildman–Crippen LogP) is 3.22. The first-order chi connectivity index (χ1) is 27.1. The van der Waals surface area contributed by atoms with Gasteiger partial charge in [0.1, 0.15) is 30.3 Å². The average Bonchev–Trinajstić information content (AvgIpc) is 3.88. The molecule has 4 heterocycles. The number of imide groups is 2. The van der Waals surface area contributed by atoms with Crippen LogP contribution in [0.5, 0.6) is 5.75 Å². The molecule has 1 saturated heterocycles. The highest BCUT2D eigenvalue weighted by Crippen LogP contribution is 2.38. The Morgan fingerprint density at radius 2 is 1.84 bits per heavy atom. The number of phenols is 1. The van der Waals surface area contributed by atoms with E-state index in [1.54, 1.807) is 35.7 Å². The molecular weight excluding hydrogens is 748 g/mol. The van der Waals surface area contributed by atoms with Crippen LogP contribution >= 0.6 is 11.3 Å². The van der Waals surface area contributed by atoms with Crippen LogP contribution in [0, 0.1) is 17.7 Å². The van der Waals surface area contributed by atoms with Crippen LogP contribution in [-0.2, 0) is 30.4 Å². The Bertz CT molecular complexity index is 2310. The summed E-state index contributed by atoms with van der Waals surface area (Å²) in [5.41, 5.74) is 1.98. The lowest BCUT2D eigenvalue weighted by Gasteiger charge is -2.27. The second-order valence-electron chi connectivity index (χ2n) is 12.8. The van der Waals surface area contributed by atoms with E-state index in [0.29, 0.717) is 23.4 Å². The van der Waals surface area contributed by atoms with Crippen molar-refractivity contribution in [1.29, 1.82) is 0 Å². The number of rotatable bonds is 13. The van der Waals surface area contributed by atoms with E-state index in [1.807, 2.05) is 0 Å². The molecule has 0 bridgehead atoms. The van der Waals surface area contributed by atoms with E-state index < -0.39 is 53.3 Å². The fourth-order valence-corrected chi connectivity index (χ4v) is 7.28. The lowest BCUT2D eigenvalue weighted by Crippen LogP contribution is -2.54. The molecule has 0 saturated carbocycles. The van der Waals surface area contributed by atoms with Crippen LogP contribution in [-0.4, -0.2) is 94.3 Å². The van der Waals surface area contributed by atoms with Gasteiger partial charge in [0.2, 0.25) is 11.8 Å². The summed E-state index contributed by atoms with van der Waals surface area (Å²) in [5, 5.41) is 20.5. The number of halogens is 1. The summed E-state index contributed by atoms with van der Waals surface area (Å²) in [7, 11) is 0. The van der Waals surface area contributed by atoms with Gasteiger partial charge in [0.15, 0.2) is 5.13 Å².